The Morgan fingerprint density at radius 3 is 2.71 bits per heavy atom. The number of benzene rings is 1. The summed E-state index contributed by atoms with van der Waals surface area (Å²) in [6.07, 6.45) is 0.852. The number of amides is 3. The third-order valence-corrected chi connectivity index (χ3v) is 4.15. The van der Waals surface area contributed by atoms with Gasteiger partial charge in [0.25, 0.3) is 5.22 Å². The van der Waals surface area contributed by atoms with Crippen LogP contribution in [0.4, 0.5) is 4.79 Å². The fourth-order valence-electron chi connectivity index (χ4n) is 2.02. The minimum Gasteiger partial charge on any atom is -0.416 e. The Kier molecular flexibility index (Phi) is 6.80. The van der Waals surface area contributed by atoms with Crippen LogP contribution in [0.5, 0.6) is 0 Å². The second-order valence-corrected chi connectivity index (χ2v) is 6.25. The molecule has 3 amide bonds. The van der Waals surface area contributed by atoms with Crippen molar-refractivity contribution in [3.8, 4) is 0 Å². The van der Waals surface area contributed by atoms with Crippen molar-refractivity contribution >= 4 is 23.7 Å². The summed E-state index contributed by atoms with van der Waals surface area (Å²) in [6, 6.07) is 9.62. The lowest BCUT2D eigenvalue weighted by Gasteiger charge is -2.08. The van der Waals surface area contributed by atoms with Gasteiger partial charge in [-0.3, -0.25) is 10.1 Å². The normalized spacial score (nSPS) is 11.8. The fraction of sp³-hybridized carbons (Fsp3) is 0.375. The molecule has 24 heavy (non-hydrogen) atoms. The van der Waals surface area contributed by atoms with Gasteiger partial charge in [-0.2, -0.15) is 0 Å². The smallest absolute Gasteiger partial charge is 0.321 e. The van der Waals surface area contributed by atoms with E-state index in [-0.39, 0.29) is 18.2 Å². The van der Waals surface area contributed by atoms with Gasteiger partial charge in [0.05, 0.1) is 0 Å². The molecule has 1 aromatic carbocycles. The van der Waals surface area contributed by atoms with Crippen LogP contribution < -0.4 is 10.6 Å². The van der Waals surface area contributed by atoms with Crippen molar-refractivity contribution in [3.05, 3.63) is 41.8 Å². The van der Waals surface area contributed by atoms with E-state index >= 15 is 0 Å². The minimum absolute atomic E-state index is 0.191. The molecule has 0 fully saturated rings. The Morgan fingerprint density at radius 1 is 1.25 bits per heavy atom. The van der Waals surface area contributed by atoms with Crippen LogP contribution in [0, 0.1) is 0 Å². The molecule has 0 radical (unpaired) electrons. The molecule has 0 saturated heterocycles. The van der Waals surface area contributed by atoms with Gasteiger partial charge in [-0.05, 0) is 11.5 Å². The van der Waals surface area contributed by atoms with Gasteiger partial charge in [-0.1, -0.05) is 49.0 Å². The lowest BCUT2D eigenvalue weighted by molar-refractivity contribution is -0.119. The van der Waals surface area contributed by atoms with Crippen LogP contribution in [-0.2, 0) is 11.2 Å². The van der Waals surface area contributed by atoms with E-state index in [1.165, 1.54) is 24.4 Å². The number of carbonyl (C=O) groups is 2. The molecule has 0 bridgehead atoms. The molecule has 8 heteroatoms. The second kappa shape index (κ2) is 9.07. The zero-order valence-electron chi connectivity index (χ0n) is 13.6. The molecular formula is C16H20N4O3S. The number of nitrogens with one attached hydrogen (secondary N) is 2. The predicted octanol–water partition coefficient (Wildman–Crippen LogP) is 2.35. The van der Waals surface area contributed by atoms with Crippen molar-refractivity contribution in [1.82, 2.24) is 20.8 Å². The summed E-state index contributed by atoms with van der Waals surface area (Å²) in [5.74, 6) is 0.962. The number of hydrogen-bond donors (Lipinski definition) is 2. The van der Waals surface area contributed by atoms with Gasteiger partial charge in [0, 0.05) is 25.6 Å². The molecule has 0 aliphatic carbocycles. The first-order valence-corrected chi connectivity index (χ1v) is 8.58. The van der Waals surface area contributed by atoms with Crippen molar-refractivity contribution < 1.29 is 14.0 Å². The number of rotatable bonds is 7. The van der Waals surface area contributed by atoms with Crippen LogP contribution in [0.1, 0.15) is 30.7 Å². The van der Waals surface area contributed by atoms with Crippen molar-refractivity contribution in [3.63, 3.8) is 0 Å². The van der Waals surface area contributed by atoms with E-state index in [4.69, 9.17) is 4.42 Å². The maximum Gasteiger partial charge on any atom is 0.321 e. The van der Waals surface area contributed by atoms with E-state index in [9.17, 15) is 9.59 Å². The zero-order chi connectivity index (χ0) is 17.4. The molecule has 1 heterocycles. The van der Waals surface area contributed by atoms with E-state index < -0.39 is 6.03 Å². The van der Waals surface area contributed by atoms with Crippen molar-refractivity contribution in [1.29, 1.82) is 0 Å². The first-order chi connectivity index (χ1) is 11.6. The van der Waals surface area contributed by atoms with E-state index in [2.05, 4.69) is 39.9 Å². The Balaban J connectivity index is 1.77. The summed E-state index contributed by atoms with van der Waals surface area (Å²) in [7, 11) is 1.45. The van der Waals surface area contributed by atoms with Gasteiger partial charge in [0.15, 0.2) is 0 Å². The molecule has 0 spiro atoms. The molecule has 0 saturated carbocycles. The Hall–Kier alpha value is -2.35. The molecule has 1 unspecified atom stereocenters. The molecule has 2 N–H and O–H groups in total. The maximum absolute atomic E-state index is 11.5. The Morgan fingerprint density at radius 2 is 2.00 bits per heavy atom. The molecule has 0 aliphatic rings. The van der Waals surface area contributed by atoms with Gasteiger partial charge in [0.2, 0.25) is 11.8 Å². The van der Waals surface area contributed by atoms with Crippen LogP contribution in [-0.4, -0.2) is 34.9 Å². The lowest BCUT2D eigenvalue weighted by Crippen LogP contribution is -2.37. The third-order valence-electron chi connectivity index (χ3n) is 3.33. The van der Waals surface area contributed by atoms with Crippen LogP contribution in [0.2, 0.25) is 0 Å². The average Bonchev–Trinajstić information content (AvgIpc) is 3.02. The Labute approximate surface area is 144 Å². The van der Waals surface area contributed by atoms with Gasteiger partial charge in [-0.15, -0.1) is 10.2 Å². The Bertz CT molecular complexity index is 675. The van der Waals surface area contributed by atoms with Gasteiger partial charge in [0.1, 0.15) is 0 Å². The topological polar surface area (TPSA) is 97.1 Å². The van der Waals surface area contributed by atoms with Gasteiger partial charge < -0.3 is 9.73 Å². The van der Waals surface area contributed by atoms with E-state index in [1.54, 1.807) is 0 Å². The molecule has 1 atom stereocenters. The summed E-state index contributed by atoms with van der Waals surface area (Å²) < 4.78 is 5.59. The summed E-state index contributed by atoms with van der Waals surface area (Å²) in [5, 5.41) is 13.0. The van der Waals surface area contributed by atoms with Crippen LogP contribution in [0.15, 0.2) is 40.0 Å². The lowest BCUT2D eigenvalue weighted by atomic mass is 9.98. The molecule has 128 valence electrons. The van der Waals surface area contributed by atoms with Crippen molar-refractivity contribution in [2.24, 2.45) is 0 Å². The number of urea groups is 1. The number of thioether (sulfide) groups is 1. The molecule has 2 rings (SSSR count). The van der Waals surface area contributed by atoms with E-state index in [0.29, 0.717) is 23.3 Å². The summed E-state index contributed by atoms with van der Waals surface area (Å²) >= 11 is 1.29. The molecular weight excluding hydrogens is 328 g/mol. The quantitative estimate of drug-likeness (QED) is 0.746. The largest absolute Gasteiger partial charge is 0.416 e. The third kappa shape index (κ3) is 5.69. The SMILES string of the molecule is CNC(=O)NC(=O)CCSc1nnc(CC(C)c2ccccc2)o1. The molecule has 7 nitrogen and oxygen atoms in total. The van der Waals surface area contributed by atoms with E-state index in [1.807, 2.05) is 18.2 Å². The number of aromatic nitrogens is 2. The molecule has 1 aromatic heterocycles. The highest BCUT2D eigenvalue weighted by Crippen LogP contribution is 2.22. The monoisotopic (exact) mass is 348 g/mol. The van der Waals surface area contributed by atoms with Gasteiger partial charge >= 0.3 is 6.03 Å². The predicted molar refractivity (Wildman–Crippen MR) is 90.8 cm³/mol. The summed E-state index contributed by atoms with van der Waals surface area (Å²) in [5.41, 5.74) is 1.22. The first kappa shape index (κ1) is 18.0. The summed E-state index contributed by atoms with van der Waals surface area (Å²) in [6.45, 7) is 2.11. The average molecular weight is 348 g/mol. The highest BCUT2D eigenvalue weighted by atomic mass is 32.2. The van der Waals surface area contributed by atoms with Crippen molar-refractivity contribution in [2.45, 2.75) is 30.9 Å². The van der Waals surface area contributed by atoms with Crippen LogP contribution in [0.3, 0.4) is 0 Å². The molecule has 0 aliphatic heterocycles. The van der Waals surface area contributed by atoms with E-state index in [0.717, 1.165) is 0 Å². The highest BCUT2D eigenvalue weighted by molar-refractivity contribution is 7.99. The summed E-state index contributed by atoms with van der Waals surface area (Å²) in [4.78, 5) is 22.4. The van der Waals surface area contributed by atoms with Gasteiger partial charge in [-0.25, -0.2) is 4.79 Å². The number of hydrogen-bond acceptors (Lipinski definition) is 6. The second-order valence-electron chi connectivity index (χ2n) is 5.20. The number of imide groups is 1. The molecule has 2 aromatic rings. The van der Waals surface area contributed by atoms with Crippen LogP contribution >= 0.6 is 11.8 Å². The van der Waals surface area contributed by atoms with Crippen molar-refractivity contribution in [2.75, 3.05) is 12.8 Å². The maximum atomic E-state index is 11.5. The fourth-order valence-corrected chi connectivity index (χ4v) is 2.74. The first-order valence-electron chi connectivity index (χ1n) is 7.60. The standard InChI is InChI=1S/C16H20N4O3S/c1-11(12-6-4-3-5-7-12)10-14-19-20-16(23-14)24-9-8-13(21)18-15(22)17-2/h3-7,11H,8-10H2,1-2H3,(H2,17,18,21,22). The number of carbonyl (C=O) groups excluding carboxylic acids is 2. The highest BCUT2D eigenvalue weighted by Gasteiger charge is 2.13. The zero-order valence-corrected chi connectivity index (χ0v) is 14.4. The van der Waals surface area contributed by atoms with Crippen LogP contribution in [0.25, 0.3) is 0 Å². The number of nitrogens with zero attached hydrogens (tertiary/aromatic N) is 2. The minimum atomic E-state index is -0.514.